The SMILES string of the molecule is O=C1[C@H]2C(c3ccc(Br)cc3)=NN(c3ccccc3)[C@H]2C(=O)N1c1ccc(F)cc1. The first-order chi connectivity index (χ1) is 14.5. The Morgan fingerprint density at radius 1 is 0.800 bits per heavy atom. The molecule has 2 heterocycles. The number of imide groups is 1. The normalized spacial score (nSPS) is 20.5. The molecule has 1 saturated heterocycles. The highest BCUT2D eigenvalue weighted by molar-refractivity contribution is 9.10. The van der Waals surface area contributed by atoms with E-state index in [1.807, 2.05) is 54.6 Å². The fraction of sp³-hybridized carbons (Fsp3) is 0.0870. The van der Waals surface area contributed by atoms with Crippen LogP contribution in [0.25, 0.3) is 0 Å². The molecule has 0 saturated carbocycles. The van der Waals surface area contributed by atoms with E-state index in [4.69, 9.17) is 5.10 Å². The van der Waals surface area contributed by atoms with Crippen molar-refractivity contribution in [1.82, 2.24) is 0 Å². The van der Waals surface area contributed by atoms with Gasteiger partial charge in [-0.25, -0.2) is 9.29 Å². The van der Waals surface area contributed by atoms with Crippen molar-refractivity contribution in [1.29, 1.82) is 0 Å². The van der Waals surface area contributed by atoms with Crippen molar-refractivity contribution in [2.24, 2.45) is 11.0 Å². The molecule has 30 heavy (non-hydrogen) atoms. The van der Waals surface area contributed by atoms with E-state index in [-0.39, 0.29) is 11.8 Å². The summed E-state index contributed by atoms with van der Waals surface area (Å²) in [7, 11) is 0. The van der Waals surface area contributed by atoms with Gasteiger partial charge in [-0.05, 0) is 54.1 Å². The Bertz CT molecular complexity index is 1160. The summed E-state index contributed by atoms with van der Waals surface area (Å²) in [5.41, 5.74) is 2.39. The summed E-state index contributed by atoms with van der Waals surface area (Å²) in [6.07, 6.45) is 0. The number of rotatable bonds is 3. The Morgan fingerprint density at radius 3 is 2.13 bits per heavy atom. The molecule has 5 nitrogen and oxygen atoms in total. The van der Waals surface area contributed by atoms with Crippen molar-refractivity contribution >= 4 is 44.8 Å². The van der Waals surface area contributed by atoms with Crippen molar-refractivity contribution in [3.8, 4) is 0 Å². The first-order valence-corrected chi connectivity index (χ1v) is 10.2. The summed E-state index contributed by atoms with van der Waals surface area (Å²) in [6, 6.07) is 21.3. The molecule has 148 valence electrons. The third-order valence-corrected chi connectivity index (χ3v) is 5.82. The highest BCUT2D eigenvalue weighted by Gasteiger charge is 2.57. The summed E-state index contributed by atoms with van der Waals surface area (Å²) in [6.45, 7) is 0. The Morgan fingerprint density at radius 2 is 1.47 bits per heavy atom. The third-order valence-electron chi connectivity index (χ3n) is 5.29. The zero-order valence-electron chi connectivity index (χ0n) is 15.6. The summed E-state index contributed by atoms with van der Waals surface area (Å²) < 4.78 is 14.3. The van der Waals surface area contributed by atoms with Gasteiger partial charge < -0.3 is 0 Å². The van der Waals surface area contributed by atoms with Crippen molar-refractivity contribution in [3.05, 3.63) is 94.7 Å². The van der Waals surface area contributed by atoms with Gasteiger partial charge in [0, 0.05) is 4.47 Å². The molecule has 3 aromatic carbocycles. The van der Waals surface area contributed by atoms with Crippen LogP contribution >= 0.6 is 15.9 Å². The average molecular weight is 464 g/mol. The Balaban J connectivity index is 1.63. The molecule has 0 bridgehead atoms. The number of anilines is 2. The van der Waals surface area contributed by atoms with Crippen LogP contribution in [0, 0.1) is 11.7 Å². The molecule has 7 heteroatoms. The van der Waals surface area contributed by atoms with Gasteiger partial charge in [-0.3, -0.25) is 14.6 Å². The Labute approximate surface area is 180 Å². The van der Waals surface area contributed by atoms with Gasteiger partial charge in [-0.1, -0.05) is 46.3 Å². The second kappa shape index (κ2) is 7.18. The standard InChI is InChI=1S/C23H15BrFN3O2/c24-15-8-6-14(7-9-15)20-19-21(28(26-20)18-4-2-1-3-5-18)23(30)27(22(19)29)17-12-10-16(25)11-13-17/h1-13,19,21H/t19-,21+/m0/s1. The molecule has 2 aliphatic rings. The fourth-order valence-corrected chi connectivity index (χ4v) is 4.18. The molecule has 0 unspecified atom stereocenters. The maximum atomic E-state index is 13.4. The number of benzene rings is 3. The predicted molar refractivity (Wildman–Crippen MR) is 116 cm³/mol. The molecular formula is C23H15BrFN3O2. The van der Waals surface area contributed by atoms with E-state index in [0.29, 0.717) is 11.4 Å². The molecule has 2 amide bonds. The predicted octanol–water partition coefficient (Wildman–Crippen LogP) is 4.37. The summed E-state index contributed by atoms with van der Waals surface area (Å²) in [4.78, 5) is 27.9. The number of hydrogen-bond donors (Lipinski definition) is 0. The number of halogens is 2. The molecule has 0 N–H and O–H groups in total. The minimum absolute atomic E-state index is 0.351. The van der Waals surface area contributed by atoms with Crippen LogP contribution in [0.2, 0.25) is 0 Å². The molecule has 2 aliphatic heterocycles. The van der Waals surface area contributed by atoms with E-state index in [1.54, 1.807) is 5.01 Å². The van der Waals surface area contributed by atoms with Gasteiger partial charge in [0.2, 0.25) is 5.91 Å². The quantitative estimate of drug-likeness (QED) is 0.541. The molecule has 1 fully saturated rings. The summed E-state index contributed by atoms with van der Waals surface area (Å²) in [5.74, 6) is -1.92. The summed E-state index contributed by atoms with van der Waals surface area (Å²) in [5, 5.41) is 6.31. The number of hydrogen-bond acceptors (Lipinski definition) is 4. The van der Waals surface area contributed by atoms with E-state index in [1.165, 1.54) is 24.3 Å². The van der Waals surface area contributed by atoms with Crippen LogP contribution in [0.3, 0.4) is 0 Å². The zero-order valence-corrected chi connectivity index (χ0v) is 17.2. The fourth-order valence-electron chi connectivity index (χ4n) is 3.91. The highest BCUT2D eigenvalue weighted by Crippen LogP contribution is 2.39. The molecular weight excluding hydrogens is 449 g/mol. The highest BCUT2D eigenvalue weighted by atomic mass is 79.9. The number of amides is 2. The van der Waals surface area contributed by atoms with Crippen molar-refractivity contribution in [2.75, 3.05) is 9.91 Å². The Hall–Kier alpha value is -3.32. The lowest BCUT2D eigenvalue weighted by Crippen LogP contribution is -2.39. The van der Waals surface area contributed by atoms with Crippen LogP contribution in [-0.4, -0.2) is 23.6 Å². The molecule has 0 spiro atoms. The third kappa shape index (κ3) is 2.93. The molecule has 0 aliphatic carbocycles. The van der Waals surface area contributed by atoms with Gasteiger partial charge in [0.1, 0.15) is 17.8 Å². The topological polar surface area (TPSA) is 53.0 Å². The molecule has 0 aromatic heterocycles. The van der Waals surface area contributed by atoms with E-state index in [2.05, 4.69) is 15.9 Å². The minimum Gasteiger partial charge on any atom is -0.273 e. The lowest BCUT2D eigenvalue weighted by atomic mass is 9.93. The number of para-hydroxylation sites is 1. The molecule has 5 rings (SSSR count). The first kappa shape index (κ1) is 18.7. The Kier molecular flexibility index (Phi) is 4.47. The van der Waals surface area contributed by atoms with Gasteiger partial charge >= 0.3 is 0 Å². The van der Waals surface area contributed by atoms with Gasteiger partial charge in [0.15, 0.2) is 0 Å². The molecule has 2 atom stereocenters. The van der Waals surface area contributed by atoms with E-state index < -0.39 is 17.8 Å². The van der Waals surface area contributed by atoms with Gasteiger partial charge in [-0.2, -0.15) is 5.10 Å². The van der Waals surface area contributed by atoms with Crippen LogP contribution < -0.4 is 9.91 Å². The van der Waals surface area contributed by atoms with Crippen LogP contribution in [0.1, 0.15) is 5.56 Å². The second-order valence-corrected chi connectivity index (χ2v) is 8.00. The number of carbonyl (C=O) groups excluding carboxylic acids is 2. The number of carbonyl (C=O) groups is 2. The number of hydrazone groups is 1. The van der Waals surface area contributed by atoms with Gasteiger partial charge in [0.05, 0.1) is 17.1 Å². The van der Waals surface area contributed by atoms with Crippen LogP contribution in [0.4, 0.5) is 15.8 Å². The molecule has 3 aromatic rings. The van der Waals surface area contributed by atoms with Crippen LogP contribution in [0.5, 0.6) is 0 Å². The second-order valence-electron chi connectivity index (χ2n) is 7.08. The first-order valence-electron chi connectivity index (χ1n) is 9.37. The monoisotopic (exact) mass is 463 g/mol. The van der Waals surface area contributed by atoms with Crippen LogP contribution in [0.15, 0.2) is 88.4 Å². The van der Waals surface area contributed by atoms with Gasteiger partial charge in [0.25, 0.3) is 5.91 Å². The lowest BCUT2D eigenvalue weighted by molar-refractivity contribution is -0.121. The van der Waals surface area contributed by atoms with Crippen molar-refractivity contribution < 1.29 is 14.0 Å². The van der Waals surface area contributed by atoms with E-state index in [0.717, 1.165) is 20.6 Å². The van der Waals surface area contributed by atoms with Crippen molar-refractivity contribution in [3.63, 3.8) is 0 Å². The molecule has 0 radical (unpaired) electrons. The average Bonchev–Trinajstić information content (AvgIpc) is 3.27. The number of fused-ring (bicyclic) bond motifs is 1. The van der Waals surface area contributed by atoms with E-state index in [9.17, 15) is 14.0 Å². The van der Waals surface area contributed by atoms with E-state index >= 15 is 0 Å². The van der Waals surface area contributed by atoms with Crippen LogP contribution in [-0.2, 0) is 9.59 Å². The maximum Gasteiger partial charge on any atom is 0.259 e. The zero-order chi connectivity index (χ0) is 20.8. The number of nitrogens with zero attached hydrogens (tertiary/aromatic N) is 3. The van der Waals surface area contributed by atoms with Crippen molar-refractivity contribution in [2.45, 2.75) is 6.04 Å². The summed E-state index contributed by atoms with van der Waals surface area (Å²) >= 11 is 3.42. The maximum absolute atomic E-state index is 13.4. The largest absolute Gasteiger partial charge is 0.273 e. The lowest BCUT2D eigenvalue weighted by Gasteiger charge is -2.22. The van der Waals surface area contributed by atoms with Gasteiger partial charge in [-0.15, -0.1) is 0 Å². The smallest absolute Gasteiger partial charge is 0.259 e. The minimum atomic E-state index is -0.788.